The van der Waals surface area contributed by atoms with Crippen LogP contribution < -0.4 is 0 Å². The maximum atomic E-state index is 14.1. The first-order valence-corrected chi connectivity index (χ1v) is 15.9. The summed E-state index contributed by atoms with van der Waals surface area (Å²) in [5, 5.41) is 22.3. The molecule has 0 N–H and O–H groups in total. The van der Waals surface area contributed by atoms with Gasteiger partial charge < -0.3 is 18.6 Å². The average Bonchev–Trinajstić information content (AvgIpc) is 3.69. The Bertz CT molecular complexity index is 2400. The summed E-state index contributed by atoms with van der Waals surface area (Å²) in [7, 11) is 1.18. The molecule has 6 rings (SSSR count). The average molecular weight is 767 g/mol. The number of ketones is 1. The molecule has 2 aromatic heterocycles. The Morgan fingerprint density at radius 1 is 0.745 bits per heavy atom. The molecule has 1 atom stereocenters. The van der Waals surface area contributed by atoms with Crippen molar-refractivity contribution in [1.82, 2.24) is 9.13 Å². The Hall–Kier alpha value is -6.51. The summed E-state index contributed by atoms with van der Waals surface area (Å²) < 4.78 is 93.4. The van der Waals surface area contributed by atoms with Gasteiger partial charge >= 0.3 is 12.4 Å². The van der Waals surface area contributed by atoms with E-state index in [0.29, 0.717) is 0 Å². The third-order valence-corrected chi connectivity index (χ3v) is 8.42. The van der Waals surface area contributed by atoms with Gasteiger partial charge in [-0.25, -0.2) is 0 Å². The van der Waals surface area contributed by atoms with Crippen LogP contribution in [0.1, 0.15) is 27.0 Å². The van der Waals surface area contributed by atoms with Crippen molar-refractivity contribution in [3.63, 3.8) is 0 Å². The fourth-order valence-electron chi connectivity index (χ4n) is 5.88. The molecule has 0 bridgehead atoms. The van der Waals surface area contributed by atoms with Crippen LogP contribution in [0.5, 0.6) is 0 Å². The number of carbonyl (C=O) groups is 1. The van der Waals surface area contributed by atoms with E-state index in [0.717, 1.165) is 29.5 Å². The van der Waals surface area contributed by atoms with Gasteiger partial charge in [0, 0.05) is 73.2 Å². The second-order valence-electron chi connectivity index (χ2n) is 11.9. The quantitative estimate of drug-likeness (QED) is 0.0321. The summed E-state index contributed by atoms with van der Waals surface area (Å²) >= 11 is 0. The van der Waals surface area contributed by atoms with Crippen LogP contribution in [0.15, 0.2) is 109 Å². The van der Waals surface area contributed by atoms with E-state index in [1.165, 1.54) is 46.7 Å². The molecule has 0 fully saturated rings. The predicted molar refractivity (Wildman–Crippen MR) is 188 cm³/mol. The third kappa shape index (κ3) is 8.35. The fourth-order valence-corrected chi connectivity index (χ4v) is 5.88. The summed E-state index contributed by atoms with van der Waals surface area (Å²) in [6, 6.07) is 24.9. The lowest BCUT2D eigenvalue weighted by molar-refractivity contribution is -0.384. The molecule has 11 nitrogen and oxygen atoms in total. The Balaban J connectivity index is 0.000000214. The Morgan fingerprint density at radius 2 is 1.22 bits per heavy atom. The molecule has 0 aliphatic carbocycles. The topological polar surface area (TPSA) is 132 Å². The number of hydrogen-bond acceptors (Lipinski definition) is 7. The highest BCUT2D eigenvalue weighted by atomic mass is 19.4. The number of nitro benzene ring substituents is 2. The Kier molecular flexibility index (Phi) is 11.4. The van der Waals surface area contributed by atoms with E-state index in [9.17, 15) is 51.4 Å². The number of nitrogens with zero attached hydrogens (tertiary/aromatic N) is 4. The van der Waals surface area contributed by atoms with E-state index in [2.05, 4.69) is 4.74 Å². The zero-order valence-corrected chi connectivity index (χ0v) is 28.5. The van der Waals surface area contributed by atoms with E-state index in [4.69, 9.17) is 11.2 Å². The number of fused-ring (bicyclic) bond motifs is 2. The summed E-state index contributed by atoms with van der Waals surface area (Å²) in [6.45, 7) is -0.326. The smallest absolute Gasteiger partial charge is 0.359 e. The molecule has 1 unspecified atom stereocenters. The summed E-state index contributed by atoms with van der Waals surface area (Å²) in [4.78, 5) is 32.6. The van der Waals surface area contributed by atoms with Crippen LogP contribution in [-0.4, -0.2) is 51.0 Å². The minimum atomic E-state index is -5.02. The first-order valence-electron chi connectivity index (χ1n) is 15.9. The van der Waals surface area contributed by atoms with E-state index < -0.39 is 45.9 Å². The molecule has 0 spiro atoms. The van der Waals surface area contributed by atoms with Gasteiger partial charge in [-0.2, -0.15) is 26.3 Å². The van der Waals surface area contributed by atoms with E-state index in [1.807, 2.05) is 0 Å². The minimum Gasteiger partial charge on any atom is -0.359 e. The maximum absolute atomic E-state index is 14.1. The number of hydrogen-bond donors (Lipinski definition) is 0. The highest BCUT2D eigenvalue weighted by Crippen LogP contribution is 2.45. The normalized spacial score (nSPS) is 12.8. The second kappa shape index (κ2) is 15.8. The number of rotatable bonds is 11. The van der Waals surface area contributed by atoms with Gasteiger partial charge in [-0.3, -0.25) is 25.0 Å². The van der Waals surface area contributed by atoms with Crippen molar-refractivity contribution in [3.05, 3.63) is 152 Å². The van der Waals surface area contributed by atoms with Crippen LogP contribution >= 0.6 is 0 Å². The molecular weight excluding hydrogens is 738 g/mol. The van der Waals surface area contributed by atoms with Crippen molar-refractivity contribution in [2.75, 3.05) is 13.9 Å². The molecule has 0 saturated carbocycles. The van der Waals surface area contributed by atoms with Crippen molar-refractivity contribution in [2.45, 2.75) is 31.0 Å². The molecule has 0 aliphatic heterocycles. The number of aromatic nitrogens is 2. The molecule has 4 aromatic carbocycles. The van der Waals surface area contributed by atoms with Gasteiger partial charge in [0.15, 0.2) is 0 Å². The first-order chi connectivity index (χ1) is 26.0. The van der Waals surface area contributed by atoms with Crippen molar-refractivity contribution in [3.8, 4) is 12.3 Å². The van der Waals surface area contributed by atoms with E-state index >= 15 is 0 Å². The zero-order valence-electron chi connectivity index (χ0n) is 28.5. The van der Waals surface area contributed by atoms with Gasteiger partial charge in [0.05, 0.1) is 26.4 Å². The van der Waals surface area contributed by atoms with Crippen LogP contribution in [0.25, 0.3) is 21.8 Å². The summed E-state index contributed by atoms with van der Waals surface area (Å²) in [5.41, 5.74) is -2.44. The maximum Gasteiger partial charge on any atom is 0.454 e. The summed E-state index contributed by atoms with van der Waals surface area (Å²) in [5.74, 6) is -0.235. The lowest BCUT2D eigenvalue weighted by atomic mass is 9.93. The molecule has 17 heteroatoms. The van der Waals surface area contributed by atoms with Gasteiger partial charge in [-0.1, -0.05) is 66.6 Å². The molecule has 0 saturated heterocycles. The third-order valence-electron chi connectivity index (χ3n) is 8.42. The zero-order chi connectivity index (χ0) is 40.1. The molecule has 0 aliphatic rings. The first kappa shape index (κ1) is 39.7. The molecular formula is C38H28F6N4O7. The van der Waals surface area contributed by atoms with Gasteiger partial charge in [-0.15, -0.1) is 6.42 Å². The van der Waals surface area contributed by atoms with Crippen LogP contribution in [0.2, 0.25) is 0 Å². The van der Waals surface area contributed by atoms with Gasteiger partial charge in [0.2, 0.25) is 0 Å². The highest BCUT2D eigenvalue weighted by Gasteiger charge is 2.58. The molecule has 6 aromatic rings. The van der Waals surface area contributed by atoms with Crippen LogP contribution in [0.3, 0.4) is 0 Å². The lowest BCUT2D eigenvalue weighted by Gasteiger charge is -2.30. The van der Waals surface area contributed by atoms with Gasteiger partial charge in [0.1, 0.15) is 6.79 Å². The van der Waals surface area contributed by atoms with Gasteiger partial charge in [0.25, 0.3) is 22.8 Å². The van der Waals surface area contributed by atoms with Crippen molar-refractivity contribution < 1.29 is 50.5 Å². The highest BCUT2D eigenvalue weighted by molar-refractivity contribution is 6.11. The molecule has 284 valence electrons. The number of halogens is 6. The molecule has 0 radical (unpaired) electrons. The van der Waals surface area contributed by atoms with Crippen molar-refractivity contribution in [1.29, 1.82) is 0 Å². The van der Waals surface area contributed by atoms with Crippen molar-refractivity contribution in [2.24, 2.45) is 0 Å². The number of methoxy groups -OCH3 is 1. The number of ether oxygens (including phenoxy) is 2. The minimum absolute atomic E-state index is 0.0313. The van der Waals surface area contributed by atoms with Crippen LogP contribution in [0.4, 0.5) is 37.7 Å². The Morgan fingerprint density at radius 3 is 1.65 bits per heavy atom. The number of Topliss-reactive ketones (excluding diaryl/α,β-unsaturated/α-hetero) is 1. The molecule has 55 heavy (non-hydrogen) atoms. The number of non-ortho nitro benzene ring substituents is 2. The van der Waals surface area contributed by atoms with Crippen molar-refractivity contribution >= 4 is 39.0 Å². The lowest BCUT2D eigenvalue weighted by Crippen LogP contribution is -2.44. The van der Waals surface area contributed by atoms with E-state index in [1.54, 1.807) is 66.6 Å². The number of benzene rings is 4. The number of nitro groups is 2. The largest absolute Gasteiger partial charge is 0.454 e. The van der Waals surface area contributed by atoms with E-state index in [-0.39, 0.29) is 51.8 Å². The predicted octanol–water partition coefficient (Wildman–Crippen LogP) is 8.95. The Labute approximate surface area is 307 Å². The SMILES string of the molecule is C#CC(OCOC)(c1cn(Cc2ccccc2)c2cc([N+](=O)[O-])ccc12)C(F)(F)F.O=C(c1cn(Cc2ccccc2)c2cc([N+](=O)[O-])ccc12)C(F)(F)F. The monoisotopic (exact) mass is 766 g/mol. The number of terminal acetylenes is 1. The standard InChI is InChI=1S/C21H17F3N2O4.C17H11F3N2O3/c1-3-20(21(22,23)24,30-14-29-2)18-13-25(12-15-7-5-4-6-8-15)19-11-16(26(27)28)9-10-17(18)19;18-17(19,20)16(23)14-10-21(9-11-4-2-1-3-5-11)15-8-12(22(24)25)6-7-13(14)15/h1,4-11,13H,12,14H2,2H3;1-8,10H,9H2. The van der Waals surface area contributed by atoms with Gasteiger partial charge in [-0.05, 0) is 23.3 Å². The fraction of sp³-hybridized carbons (Fsp3) is 0.184. The number of alkyl halides is 6. The van der Waals surface area contributed by atoms with Crippen LogP contribution in [0, 0.1) is 32.6 Å². The number of carbonyl (C=O) groups excluding carboxylic acids is 1. The molecule has 0 amide bonds. The second-order valence-corrected chi connectivity index (χ2v) is 11.9. The summed E-state index contributed by atoms with van der Waals surface area (Å²) in [6.07, 6.45) is -2.33. The van der Waals surface area contributed by atoms with Crippen LogP contribution in [-0.2, 0) is 28.2 Å². The molecule has 2 heterocycles.